The molecule has 0 radical (unpaired) electrons. The van der Waals surface area contributed by atoms with Gasteiger partial charge >= 0.3 is 0 Å². The molecular weight excluding hydrogens is 246 g/mol. The smallest absolute Gasteiger partial charge is 0.128 e. The predicted octanol–water partition coefficient (Wildman–Crippen LogP) is 4.85. The van der Waals surface area contributed by atoms with Crippen LogP contribution in [0.4, 0.5) is 0 Å². The maximum Gasteiger partial charge on any atom is 0.128 e. The fraction of sp³-hybridized carbons (Fsp3) is 0.0556. The summed E-state index contributed by atoms with van der Waals surface area (Å²) in [6.07, 6.45) is 3.59. The molecular formula is C18H15NO. The molecule has 2 heteroatoms. The van der Waals surface area contributed by atoms with Crippen LogP contribution in [0.2, 0.25) is 0 Å². The van der Waals surface area contributed by atoms with Crippen molar-refractivity contribution >= 4 is 0 Å². The average Bonchev–Trinajstić information content (AvgIpc) is 2.51. The molecule has 0 aliphatic carbocycles. The van der Waals surface area contributed by atoms with E-state index in [-0.39, 0.29) is 0 Å². The molecule has 0 spiro atoms. The lowest BCUT2D eigenvalue weighted by Gasteiger charge is -2.08. The zero-order chi connectivity index (χ0) is 13.8. The van der Waals surface area contributed by atoms with Gasteiger partial charge in [-0.2, -0.15) is 0 Å². The van der Waals surface area contributed by atoms with E-state index in [1.807, 2.05) is 54.6 Å². The Morgan fingerprint density at radius 1 is 0.750 bits per heavy atom. The van der Waals surface area contributed by atoms with Gasteiger partial charge in [0, 0.05) is 12.4 Å². The normalized spacial score (nSPS) is 10.2. The Balaban J connectivity index is 1.86. The van der Waals surface area contributed by atoms with Gasteiger partial charge in [0.25, 0.3) is 0 Å². The molecule has 0 atom stereocenters. The van der Waals surface area contributed by atoms with Gasteiger partial charge < -0.3 is 4.74 Å². The van der Waals surface area contributed by atoms with E-state index in [9.17, 15) is 0 Å². The van der Waals surface area contributed by atoms with Gasteiger partial charge in [0.15, 0.2) is 0 Å². The first-order valence-corrected chi connectivity index (χ1v) is 6.56. The van der Waals surface area contributed by atoms with E-state index in [0.717, 1.165) is 22.6 Å². The van der Waals surface area contributed by atoms with Crippen LogP contribution in [0.15, 0.2) is 73.1 Å². The summed E-state index contributed by atoms with van der Waals surface area (Å²) < 4.78 is 5.88. The van der Waals surface area contributed by atoms with Gasteiger partial charge in [0.1, 0.15) is 11.5 Å². The van der Waals surface area contributed by atoms with Gasteiger partial charge in [-0.15, -0.1) is 0 Å². The quantitative estimate of drug-likeness (QED) is 0.672. The summed E-state index contributed by atoms with van der Waals surface area (Å²) >= 11 is 0. The molecule has 0 aliphatic heterocycles. The third-order valence-corrected chi connectivity index (χ3v) is 3.10. The Bertz CT molecular complexity index is 690. The Morgan fingerprint density at radius 2 is 1.50 bits per heavy atom. The maximum atomic E-state index is 5.88. The van der Waals surface area contributed by atoms with Gasteiger partial charge in [-0.1, -0.05) is 29.8 Å². The second-order valence-corrected chi connectivity index (χ2v) is 4.68. The van der Waals surface area contributed by atoms with E-state index in [1.54, 1.807) is 12.4 Å². The Labute approximate surface area is 118 Å². The minimum absolute atomic E-state index is 0.836. The average molecular weight is 261 g/mol. The Hall–Kier alpha value is -2.61. The number of benzene rings is 2. The summed E-state index contributed by atoms with van der Waals surface area (Å²) in [5, 5.41) is 0. The number of aryl methyl sites for hydroxylation is 1. The molecule has 0 aliphatic rings. The number of ether oxygens (including phenoxy) is 1. The first-order chi connectivity index (χ1) is 9.81. The van der Waals surface area contributed by atoms with Crippen LogP contribution in [0.3, 0.4) is 0 Å². The first-order valence-electron chi connectivity index (χ1n) is 6.56. The number of rotatable bonds is 3. The van der Waals surface area contributed by atoms with Crippen LogP contribution in [0, 0.1) is 6.92 Å². The summed E-state index contributed by atoms with van der Waals surface area (Å²) in [6.45, 7) is 2.06. The molecule has 3 rings (SSSR count). The van der Waals surface area contributed by atoms with Crippen LogP contribution in [0.1, 0.15) is 5.56 Å². The lowest BCUT2D eigenvalue weighted by molar-refractivity contribution is 0.483. The molecule has 0 saturated carbocycles. The largest absolute Gasteiger partial charge is 0.457 e. The fourth-order valence-electron chi connectivity index (χ4n) is 2.03. The third kappa shape index (κ3) is 2.86. The van der Waals surface area contributed by atoms with Crippen LogP contribution >= 0.6 is 0 Å². The van der Waals surface area contributed by atoms with Crippen LogP contribution in [-0.2, 0) is 0 Å². The fourth-order valence-corrected chi connectivity index (χ4v) is 2.03. The molecule has 0 amide bonds. The van der Waals surface area contributed by atoms with E-state index in [1.165, 1.54) is 5.56 Å². The van der Waals surface area contributed by atoms with Gasteiger partial charge in [-0.3, -0.25) is 4.98 Å². The van der Waals surface area contributed by atoms with E-state index in [2.05, 4.69) is 18.0 Å². The molecule has 3 aromatic rings. The molecule has 20 heavy (non-hydrogen) atoms. The zero-order valence-corrected chi connectivity index (χ0v) is 11.3. The number of aromatic nitrogens is 1. The van der Waals surface area contributed by atoms with Crippen molar-refractivity contribution in [3.8, 4) is 22.6 Å². The maximum absolute atomic E-state index is 5.88. The Morgan fingerprint density at radius 3 is 2.25 bits per heavy atom. The number of pyridine rings is 1. The monoisotopic (exact) mass is 261 g/mol. The number of hydrogen-bond donors (Lipinski definition) is 0. The van der Waals surface area contributed by atoms with E-state index in [0.29, 0.717) is 0 Å². The molecule has 1 heterocycles. The molecule has 2 aromatic carbocycles. The minimum atomic E-state index is 0.836. The van der Waals surface area contributed by atoms with Gasteiger partial charge in [-0.05, 0) is 54.4 Å². The highest BCUT2D eigenvalue weighted by molar-refractivity contribution is 5.64. The summed E-state index contributed by atoms with van der Waals surface area (Å²) in [5.74, 6) is 1.69. The van der Waals surface area contributed by atoms with Crippen molar-refractivity contribution in [1.29, 1.82) is 0 Å². The molecule has 0 saturated heterocycles. The van der Waals surface area contributed by atoms with Crippen LogP contribution in [0.25, 0.3) is 11.1 Å². The summed E-state index contributed by atoms with van der Waals surface area (Å²) in [7, 11) is 0. The molecule has 1 aromatic heterocycles. The highest BCUT2D eigenvalue weighted by atomic mass is 16.5. The summed E-state index contributed by atoms with van der Waals surface area (Å²) in [5.41, 5.74) is 3.48. The van der Waals surface area contributed by atoms with Crippen molar-refractivity contribution in [2.75, 3.05) is 0 Å². The summed E-state index contributed by atoms with van der Waals surface area (Å²) in [6, 6.07) is 20.1. The lowest BCUT2D eigenvalue weighted by atomic mass is 10.1. The highest BCUT2D eigenvalue weighted by Crippen LogP contribution is 2.27. The molecule has 98 valence electrons. The van der Waals surface area contributed by atoms with Crippen LogP contribution in [-0.4, -0.2) is 4.98 Å². The topological polar surface area (TPSA) is 22.1 Å². The Kier molecular flexibility index (Phi) is 3.46. The highest BCUT2D eigenvalue weighted by Gasteiger charge is 2.01. The van der Waals surface area contributed by atoms with E-state index >= 15 is 0 Å². The number of hydrogen-bond acceptors (Lipinski definition) is 2. The van der Waals surface area contributed by atoms with Gasteiger partial charge in [0.05, 0.1) is 0 Å². The van der Waals surface area contributed by atoms with Gasteiger partial charge in [0.2, 0.25) is 0 Å². The van der Waals surface area contributed by atoms with E-state index in [4.69, 9.17) is 4.74 Å². The van der Waals surface area contributed by atoms with Crippen LogP contribution in [0.5, 0.6) is 11.5 Å². The third-order valence-electron chi connectivity index (χ3n) is 3.10. The van der Waals surface area contributed by atoms with Gasteiger partial charge in [-0.25, -0.2) is 0 Å². The standard InChI is InChI=1S/C18H15NO/c1-14-5-7-17(8-6-14)20-18-4-2-3-16(13-18)15-9-11-19-12-10-15/h2-13H,1H3. The molecule has 0 unspecified atom stereocenters. The first kappa shape index (κ1) is 12.4. The number of nitrogens with zero attached hydrogens (tertiary/aromatic N) is 1. The van der Waals surface area contributed by atoms with Crippen LogP contribution < -0.4 is 4.74 Å². The molecule has 2 nitrogen and oxygen atoms in total. The van der Waals surface area contributed by atoms with Crippen molar-refractivity contribution in [2.45, 2.75) is 6.92 Å². The summed E-state index contributed by atoms with van der Waals surface area (Å²) in [4.78, 5) is 4.04. The second-order valence-electron chi connectivity index (χ2n) is 4.68. The minimum Gasteiger partial charge on any atom is -0.457 e. The lowest BCUT2D eigenvalue weighted by Crippen LogP contribution is -1.85. The van der Waals surface area contributed by atoms with E-state index < -0.39 is 0 Å². The molecule has 0 bridgehead atoms. The second kappa shape index (κ2) is 5.57. The predicted molar refractivity (Wildman–Crippen MR) is 80.9 cm³/mol. The van der Waals surface area contributed by atoms with Crippen molar-refractivity contribution in [1.82, 2.24) is 4.98 Å². The molecule has 0 fully saturated rings. The zero-order valence-electron chi connectivity index (χ0n) is 11.3. The van der Waals surface area contributed by atoms with Crippen molar-refractivity contribution < 1.29 is 4.74 Å². The van der Waals surface area contributed by atoms with Crippen molar-refractivity contribution in [3.63, 3.8) is 0 Å². The SMILES string of the molecule is Cc1ccc(Oc2cccc(-c3ccncc3)c2)cc1. The van der Waals surface area contributed by atoms with Crippen molar-refractivity contribution in [2.24, 2.45) is 0 Å². The van der Waals surface area contributed by atoms with Crippen molar-refractivity contribution in [3.05, 3.63) is 78.6 Å². The molecule has 0 N–H and O–H groups in total.